The summed E-state index contributed by atoms with van der Waals surface area (Å²) >= 11 is 0. The molecule has 19 heavy (non-hydrogen) atoms. The van der Waals surface area contributed by atoms with Gasteiger partial charge in [0.05, 0.1) is 7.11 Å². The Hall–Kier alpha value is -2.18. The van der Waals surface area contributed by atoms with Gasteiger partial charge in [-0.05, 0) is 18.2 Å². The quantitative estimate of drug-likeness (QED) is 0.763. The third kappa shape index (κ3) is 4.53. The van der Waals surface area contributed by atoms with Crippen molar-refractivity contribution in [1.82, 2.24) is 4.90 Å². The smallest absolute Gasteiger partial charge is 0.387 e. The molecule has 0 atom stereocenters. The van der Waals surface area contributed by atoms with Gasteiger partial charge in [0.1, 0.15) is 12.3 Å². The summed E-state index contributed by atoms with van der Waals surface area (Å²) in [7, 11) is 2.61. The van der Waals surface area contributed by atoms with Gasteiger partial charge in [0.25, 0.3) is 5.91 Å². The van der Waals surface area contributed by atoms with Crippen molar-refractivity contribution >= 4 is 11.9 Å². The van der Waals surface area contributed by atoms with E-state index in [4.69, 9.17) is 0 Å². The van der Waals surface area contributed by atoms with Gasteiger partial charge in [0.15, 0.2) is 0 Å². The molecule has 7 heteroatoms. The molecule has 0 saturated heterocycles. The zero-order valence-corrected chi connectivity index (χ0v) is 10.4. The molecule has 0 aromatic heterocycles. The van der Waals surface area contributed by atoms with E-state index in [1.54, 1.807) is 0 Å². The first kappa shape index (κ1) is 14.9. The van der Waals surface area contributed by atoms with Crippen molar-refractivity contribution in [2.75, 3.05) is 20.7 Å². The standard InChI is InChI=1S/C12H13F2NO4/c1-15(7-10(16)18-2)11(17)8-4-3-5-9(6-8)19-12(13)14/h3-6,12H,7H2,1-2H3. The van der Waals surface area contributed by atoms with Crippen molar-refractivity contribution in [2.24, 2.45) is 0 Å². The molecular formula is C12H13F2NO4. The SMILES string of the molecule is COC(=O)CN(C)C(=O)c1cccc(OC(F)F)c1. The van der Waals surface area contributed by atoms with Crippen LogP contribution in [0.2, 0.25) is 0 Å². The van der Waals surface area contributed by atoms with Crippen molar-refractivity contribution in [3.05, 3.63) is 29.8 Å². The summed E-state index contributed by atoms with van der Waals surface area (Å²) in [4.78, 5) is 24.1. The third-order valence-electron chi connectivity index (χ3n) is 2.25. The molecule has 0 bridgehead atoms. The molecule has 0 saturated carbocycles. The molecule has 0 N–H and O–H groups in total. The van der Waals surface area contributed by atoms with Crippen LogP contribution in [0.15, 0.2) is 24.3 Å². The first-order valence-electron chi connectivity index (χ1n) is 5.31. The molecule has 0 spiro atoms. The highest BCUT2D eigenvalue weighted by atomic mass is 19.3. The molecule has 1 rings (SSSR count). The number of alkyl halides is 2. The van der Waals surface area contributed by atoms with Crippen LogP contribution in [0.5, 0.6) is 5.75 Å². The summed E-state index contributed by atoms with van der Waals surface area (Å²) in [6.07, 6.45) is 0. The number of nitrogens with zero attached hydrogens (tertiary/aromatic N) is 1. The molecule has 0 aliphatic rings. The normalized spacial score (nSPS) is 10.2. The molecule has 1 aromatic carbocycles. The zero-order chi connectivity index (χ0) is 14.4. The lowest BCUT2D eigenvalue weighted by Gasteiger charge is -2.16. The van der Waals surface area contributed by atoms with Crippen LogP contribution in [0.1, 0.15) is 10.4 Å². The van der Waals surface area contributed by atoms with Crippen LogP contribution < -0.4 is 4.74 Å². The maximum Gasteiger partial charge on any atom is 0.387 e. The Morgan fingerprint density at radius 1 is 1.37 bits per heavy atom. The van der Waals surface area contributed by atoms with Crippen LogP contribution in [0.3, 0.4) is 0 Å². The Kier molecular flexibility index (Phi) is 5.23. The summed E-state index contributed by atoms with van der Waals surface area (Å²) in [5.74, 6) is -1.19. The fourth-order valence-electron chi connectivity index (χ4n) is 1.36. The van der Waals surface area contributed by atoms with Crippen LogP contribution in [-0.2, 0) is 9.53 Å². The molecule has 104 valence electrons. The Balaban J connectivity index is 2.78. The topological polar surface area (TPSA) is 55.8 Å². The summed E-state index contributed by atoms with van der Waals surface area (Å²) in [5, 5.41) is 0. The number of methoxy groups -OCH3 is 1. The Morgan fingerprint density at radius 3 is 2.63 bits per heavy atom. The average molecular weight is 273 g/mol. The van der Waals surface area contributed by atoms with Gasteiger partial charge in [-0.2, -0.15) is 8.78 Å². The van der Waals surface area contributed by atoms with Gasteiger partial charge in [-0.25, -0.2) is 0 Å². The van der Waals surface area contributed by atoms with E-state index in [0.717, 1.165) is 4.90 Å². The molecule has 1 amide bonds. The molecule has 0 fully saturated rings. The number of benzene rings is 1. The fraction of sp³-hybridized carbons (Fsp3) is 0.333. The highest BCUT2D eigenvalue weighted by Gasteiger charge is 2.16. The molecule has 5 nitrogen and oxygen atoms in total. The Morgan fingerprint density at radius 2 is 2.05 bits per heavy atom. The summed E-state index contributed by atoms with van der Waals surface area (Å²) in [6.45, 7) is -3.19. The fourth-order valence-corrected chi connectivity index (χ4v) is 1.36. The van der Waals surface area contributed by atoms with E-state index in [2.05, 4.69) is 9.47 Å². The van der Waals surface area contributed by atoms with Crippen LogP contribution in [-0.4, -0.2) is 44.1 Å². The van der Waals surface area contributed by atoms with Gasteiger partial charge >= 0.3 is 12.6 Å². The number of hydrogen-bond donors (Lipinski definition) is 0. The Labute approximate surface area is 108 Å². The first-order chi connectivity index (χ1) is 8.93. The molecule has 0 unspecified atom stereocenters. The van der Waals surface area contributed by atoms with Crippen LogP contribution in [0.4, 0.5) is 8.78 Å². The lowest BCUT2D eigenvalue weighted by atomic mass is 10.2. The van der Waals surface area contributed by atoms with Crippen molar-refractivity contribution in [3.63, 3.8) is 0 Å². The molecule has 1 aromatic rings. The van der Waals surface area contributed by atoms with Gasteiger partial charge in [0.2, 0.25) is 0 Å². The molecule has 0 radical (unpaired) electrons. The van der Waals surface area contributed by atoms with Gasteiger partial charge < -0.3 is 14.4 Å². The van der Waals surface area contributed by atoms with E-state index >= 15 is 0 Å². The van der Waals surface area contributed by atoms with Crippen LogP contribution in [0.25, 0.3) is 0 Å². The number of likely N-dealkylation sites (N-methyl/N-ethyl adjacent to an activating group) is 1. The van der Waals surface area contributed by atoms with E-state index in [1.165, 1.54) is 38.4 Å². The van der Waals surface area contributed by atoms with E-state index in [-0.39, 0.29) is 17.9 Å². The molecule has 0 aliphatic carbocycles. The van der Waals surface area contributed by atoms with Gasteiger partial charge in [0, 0.05) is 12.6 Å². The number of ether oxygens (including phenoxy) is 2. The van der Waals surface area contributed by atoms with E-state index in [1.807, 2.05) is 0 Å². The largest absolute Gasteiger partial charge is 0.468 e. The number of esters is 1. The van der Waals surface area contributed by atoms with Crippen molar-refractivity contribution < 1.29 is 27.8 Å². The van der Waals surface area contributed by atoms with E-state index in [9.17, 15) is 18.4 Å². The molecular weight excluding hydrogens is 260 g/mol. The minimum absolute atomic E-state index is 0.118. The number of halogens is 2. The second-order valence-corrected chi connectivity index (χ2v) is 3.64. The van der Waals surface area contributed by atoms with E-state index in [0.29, 0.717) is 0 Å². The number of amides is 1. The number of carbonyl (C=O) groups is 2. The van der Waals surface area contributed by atoms with Gasteiger partial charge in [-0.15, -0.1) is 0 Å². The molecule has 0 aliphatic heterocycles. The minimum Gasteiger partial charge on any atom is -0.468 e. The second-order valence-electron chi connectivity index (χ2n) is 3.64. The highest BCUT2D eigenvalue weighted by Crippen LogP contribution is 2.16. The monoisotopic (exact) mass is 273 g/mol. The highest BCUT2D eigenvalue weighted by molar-refractivity contribution is 5.96. The van der Waals surface area contributed by atoms with Gasteiger partial charge in [-0.3, -0.25) is 9.59 Å². The second kappa shape index (κ2) is 6.67. The van der Waals surface area contributed by atoms with E-state index < -0.39 is 18.5 Å². The zero-order valence-electron chi connectivity index (χ0n) is 10.4. The summed E-state index contributed by atoms with van der Waals surface area (Å²) in [6, 6.07) is 5.34. The average Bonchev–Trinajstić information content (AvgIpc) is 2.37. The van der Waals surface area contributed by atoms with Crippen LogP contribution >= 0.6 is 0 Å². The lowest BCUT2D eigenvalue weighted by molar-refractivity contribution is -0.141. The summed E-state index contributed by atoms with van der Waals surface area (Å²) in [5.41, 5.74) is 0.143. The Bertz CT molecular complexity index is 465. The summed E-state index contributed by atoms with van der Waals surface area (Å²) < 4.78 is 32.7. The van der Waals surface area contributed by atoms with Crippen molar-refractivity contribution in [1.29, 1.82) is 0 Å². The number of carbonyl (C=O) groups excluding carboxylic acids is 2. The number of hydrogen-bond acceptors (Lipinski definition) is 4. The minimum atomic E-state index is -2.96. The predicted molar refractivity (Wildman–Crippen MR) is 62.1 cm³/mol. The van der Waals surface area contributed by atoms with Gasteiger partial charge in [-0.1, -0.05) is 6.07 Å². The molecule has 0 heterocycles. The van der Waals surface area contributed by atoms with Crippen molar-refractivity contribution in [2.45, 2.75) is 6.61 Å². The number of rotatable bonds is 5. The van der Waals surface area contributed by atoms with Crippen LogP contribution in [0, 0.1) is 0 Å². The lowest BCUT2D eigenvalue weighted by Crippen LogP contribution is -2.32. The first-order valence-corrected chi connectivity index (χ1v) is 5.31. The maximum atomic E-state index is 12.1. The maximum absolute atomic E-state index is 12.1. The van der Waals surface area contributed by atoms with Crippen molar-refractivity contribution in [3.8, 4) is 5.75 Å². The predicted octanol–water partition coefficient (Wildman–Crippen LogP) is 1.53. The third-order valence-corrected chi connectivity index (χ3v) is 2.25.